The van der Waals surface area contributed by atoms with Gasteiger partial charge in [0, 0.05) is 19.3 Å². The summed E-state index contributed by atoms with van der Waals surface area (Å²) in [6.45, 7) is 6.08. The van der Waals surface area contributed by atoms with Crippen LogP contribution in [0.2, 0.25) is 0 Å². The van der Waals surface area contributed by atoms with Crippen molar-refractivity contribution in [2.24, 2.45) is 0 Å². The van der Waals surface area contributed by atoms with E-state index in [0.717, 1.165) is 103 Å². The molecule has 6 heteroatoms. The maximum atomic E-state index is 12.7. The van der Waals surface area contributed by atoms with Crippen LogP contribution >= 0.6 is 0 Å². The number of hydrogen-bond acceptors (Lipinski definition) is 6. The average molecular weight is 785 g/mol. The molecule has 0 aliphatic heterocycles. The van der Waals surface area contributed by atoms with E-state index in [2.05, 4.69) is 87.6 Å². The molecule has 57 heavy (non-hydrogen) atoms. The van der Waals surface area contributed by atoms with Crippen molar-refractivity contribution in [1.82, 2.24) is 0 Å². The van der Waals surface area contributed by atoms with Crippen LogP contribution in [0.4, 0.5) is 0 Å². The molecule has 1 atom stereocenters. The fourth-order valence-corrected chi connectivity index (χ4v) is 5.17. The smallest absolute Gasteiger partial charge is 0.306 e. The van der Waals surface area contributed by atoms with E-state index in [-0.39, 0.29) is 44.0 Å². The molecule has 0 aromatic carbocycles. The van der Waals surface area contributed by atoms with E-state index in [1.807, 2.05) is 66.8 Å². The molecule has 0 radical (unpaired) electrons. The van der Waals surface area contributed by atoms with Crippen molar-refractivity contribution in [2.45, 2.75) is 155 Å². The normalized spacial score (nSPS) is 13.4. The summed E-state index contributed by atoms with van der Waals surface area (Å²) < 4.78 is 16.6. The van der Waals surface area contributed by atoms with Gasteiger partial charge in [0.25, 0.3) is 0 Å². The van der Waals surface area contributed by atoms with Gasteiger partial charge in [-0.25, -0.2) is 0 Å². The first-order chi connectivity index (χ1) is 28.0. The fourth-order valence-electron chi connectivity index (χ4n) is 5.17. The molecular weight excluding hydrogens is 709 g/mol. The second kappa shape index (κ2) is 44.3. The number of carbonyl (C=O) groups is 3. The lowest BCUT2D eigenvalue weighted by Crippen LogP contribution is -2.30. The summed E-state index contributed by atoms with van der Waals surface area (Å²) >= 11 is 0. The van der Waals surface area contributed by atoms with Crippen molar-refractivity contribution in [2.75, 3.05) is 13.2 Å². The Labute approximate surface area is 347 Å². The van der Waals surface area contributed by atoms with Gasteiger partial charge in [-0.3, -0.25) is 14.4 Å². The second-order valence-electron chi connectivity index (χ2n) is 13.7. The highest BCUT2D eigenvalue weighted by Crippen LogP contribution is 2.12. The Morgan fingerprint density at radius 1 is 0.351 bits per heavy atom. The number of ether oxygens (including phenoxy) is 3. The Balaban J connectivity index is 4.61. The third-order valence-corrected chi connectivity index (χ3v) is 8.38. The maximum absolute atomic E-state index is 12.7. The summed E-state index contributed by atoms with van der Waals surface area (Å²) in [7, 11) is 0. The van der Waals surface area contributed by atoms with Gasteiger partial charge in [-0.05, 0) is 70.6 Å². The number of esters is 3. The summed E-state index contributed by atoms with van der Waals surface area (Å²) in [4.78, 5) is 37.7. The van der Waals surface area contributed by atoms with Gasteiger partial charge in [0.1, 0.15) is 13.2 Å². The molecule has 0 fully saturated rings. The quantitative estimate of drug-likeness (QED) is 0.0272. The minimum Gasteiger partial charge on any atom is -0.462 e. The average Bonchev–Trinajstić information content (AvgIpc) is 3.21. The van der Waals surface area contributed by atoms with Crippen molar-refractivity contribution >= 4 is 17.9 Å². The van der Waals surface area contributed by atoms with Crippen LogP contribution in [-0.2, 0) is 28.6 Å². The summed E-state index contributed by atoms with van der Waals surface area (Å²) in [5.74, 6) is -1.06. The molecule has 0 amide bonds. The Morgan fingerprint density at radius 3 is 1.05 bits per heavy atom. The molecule has 0 aliphatic carbocycles. The van der Waals surface area contributed by atoms with Crippen LogP contribution in [0.3, 0.4) is 0 Å². The van der Waals surface area contributed by atoms with E-state index >= 15 is 0 Å². The molecule has 316 valence electrons. The van der Waals surface area contributed by atoms with Gasteiger partial charge < -0.3 is 14.2 Å². The molecule has 0 aliphatic rings. The summed E-state index contributed by atoms with van der Waals surface area (Å²) in [5.41, 5.74) is 0. The SMILES string of the molecule is CC\C=C/C=C\C=C/C=C\C=C/CCCC(=O)OCC(COC(=O)CCCCCCC\C=C/C=C\C=C/CC)OC(=O)CCCCCCC\C=C/C=C\C=C/CC. The molecule has 0 saturated heterocycles. The van der Waals surface area contributed by atoms with Gasteiger partial charge in [-0.2, -0.15) is 0 Å². The third-order valence-electron chi connectivity index (χ3n) is 8.38. The number of carbonyl (C=O) groups excluding carboxylic acids is 3. The minimum atomic E-state index is -0.829. The zero-order chi connectivity index (χ0) is 41.5. The van der Waals surface area contributed by atoms with Crippen LogP contribution in [0.5, 0.6) is 0 Å². The summed E-state index contributed by atoms with van der Waals surface area (Å²) in [5, 5.41) is 0. The first-order valence-electron chi connectivity index (χ1n) is 21.8. The van der Waals surface area contributed by atoms with Gasteiger partial charge in [-0.1, -0.05) is 193 Å². The predicted molar refractivity (Wildman–Crippen MR) is 242 cm³/mol. The Bertz CT molecular complexity index is 1320. The highest BCUT2D eigenvalue weighted by molar-refractivity contribution is 5.71. The predicted octanol–water partition coefficient (Wildman–Crippen LogP) is 14.0. The molecule has 0 aromatic heterocycles. The number of hydrogen-bond donors (Lipinski definition) is 0. The molecule has 6 nitrogen and oxygen atoms in total. The molecule has 0 heterocycles. The van der Waals surface area contributed by atoms with E-state index in [1.54, 1.807) is 0 Å². The van der Waals surface area contributed by atoms with Gasteiger partial charge in [0.2, 0.25) is 0 Å². The Morgan fingerprint density at radius 2 is 0.649 bits per heavy atom. The zero-order valence-corrected chi connectivity index (χ0v) is 35.8. The van der Waals surface area contributed by atoms with Crippen LogP contribution in [-0.4, -0.2) is 37.2 Å². The third kappa shape index (κ3) is 42.5. The first kappa shape index (κ1) is 52.6. The molecule has 0 aromatic rings. The van der Waals surface area contributed by atoms with Crippen molar-refractivity contribution in [1.29, 1.82) is 0 Å². The van der Waals surface area contributed by atoms with Crippen LogP contribution < -0.4 is 0 Å². The van der Waals surface area contributed by atoms with Crippen LogP contribution in [0.1, 0.15) is 149 Å². The Kier molecular flexibility index (Phi) is 40.8. The molecule has 0 N–H and O–H groups in total. The van der Waals surface area contributed by atoms with Crippen molar-refractivity contribution in [3.63, 3.8) is 0 Å². The number of allylic oxidation sites excluding steroid dienone is 22. The highest BCUT2D eigenvalue weighted by Gasteiger charge is 2.19. The van der Waals surface area contributed by atoms with Crippen LogP contribution in [0.25, 0.3) is 0 Å². The number of unbranched alkanes of at least 4 members (excludes halogenated alkanes) is 11. The van der Waals surface area contributed by atoms with E-state index in [9.17, 15) is 14.4 Å². The van der Waals surface area contributed by atoms with Gasteiger partial charge in [0.05, 0.1) is 0 Å². The number of rotatable bonds is 36. The fraction of sp³-hybridized carbons (Fsp3) is 0.510. The van der Waals surface area contributed by atoms with E-state index in [0.29, 0.717) is 12.8 Å². The lowest BCUT2D eigenvalue weighted by atomic mass is 10.1. The molecule has 0 bridgehead atoms. The van der Waals surface area contributed by atoms with E-state index in [1.165, 1.54) is 0 Å². The van der Waals surface area contributed by atoms with Crippen molar-refractivity contribution in [3.8, 4) is 0 Å². The van der Waals surface area contributed by atoms with Gasteiger partial charge in [0.15, 0.2) is 6.10 Å². The molecule has 1 unspecified atom stereocenters. The topological polar surface area (TPSA) is 78.9 Å². The van der Waals surface area contributed by atoms with Crippen molar-refractivity contribution < 1.29 is 28.6 Å². The molecule has 0 spiro atoms. The minimum absolute atomic E-state index is 0.126. The van der Waals surface area contributed by atoms with Gasteiger partial charge >= 0.3 is 17.9 Å². The summed E-state index contributed by atoms with van der Waals surface area (Å²) in [6.07, 6.45) is 61.5. The standard InChI is InChI=1S/C51H76O6/c1-4-7-10-13-16-19-22-25-28-31-34-37-40-43-49(52)55-46-48(57-51(54)45-42-39-36-33-30-27-24-21-18-15-12-9-6-3)47-56-50(53)44-41-38-35-32-29-26-23-20-17-14-11-8-5-2/h7-25,28,31,34,48H,4-6,26-27,29-30,32-33,35-47H2,1-3H3/b10-7-,11-8-,12-9-,16-13-,17-14-,18-15-,22-19-,23-20-,24-21-,28-25-,34-31-. The molecule has 0 rings (SSSR count). The van der Waals surface area contributed by atoms with Crippen molar-refractivity contribution in [3.05, 3.63) is 134 Å². The van der Waals surface area contributed by atoms with Gasteiger partial charge in [-0.15, -0.1) is 0 Å². The molecule has 0 saturated carbocycles. The second-order valence-corrected chi connectivity index (χ2v) is 13.7. The monoisotopic (exact) mass is 785 g/mol. The summed E-state index contributed by atoms with van der Waals surface area (Å²) in [6, 6.07) is 0. The van der Waals surface area contributed by atoms with Crippen LogP contribution in [0, 0.1) is 0 Å². The van der Waals surface area contributed by atoms with E-state index in [4.69, 9.17) is 14.2 Å². The Hall–Kier alpha value is -4.45. The highest BCUT2D eigenvalue weighted by atomic mass is 16.6. The largest absolute Gasteiger partial charge is 0.462 e. The zero-order valence-electron chi connectivity index (χ0n) is 35.8. The molecular formula is C51H76O6. The van der Waals surface area contributed by atoms with E-state index < -0.39 is 6.10 Å². The lowest BCUT2D eigenvalue weighted by Gasteiger charge is -2.18. The maximum Gasteiger partial charge on any atom is 0.306 e. The lowest BCUT2D eigenvalue weighted by molar-refractivity contribution is -0.167. The first-order valence-corrected chi connectivity index (χ1v) is 21.8. The van der Waals surface area contributed by atoms with Crippen LogP contribution in [0.15, 0.2) is 134 Å².